The Hall–Kier alpha value is -1.18. The fourth-order valence-electron chi connectivity index (χ4n) is 2.08. The lowest BCUT2D eigenvalue weighted by Gasteiger charge is -2.41. The number of carbonyl (C=O) groups excluding carboxylic acids is 1. The smallest absolute Gasteiger partial charge is 0.346 e. The second kappa shape index (κ2) is 7.37. The first-order chi connectivity index (χ1) is 10.9. The lowest BCUT2D eigenvalue weighted by atomic mass is 9.78. The van der Waals surface area contributed by atoms with Crippen molar-refractivity contribution in [2.45, 2.75) is 57.5 Å². The molecule has 0 fully saturated rings. The second-order valence-corrected chi connectivity index (χ2v) is 8.78. The molecule has 0 unspecified atom stereocenters. The molecule has 0 aromatic heterocycles. The molecule has 3 atom stereocenters. The Balaban J connectivity index is 3.47. The molecule has 0 aliphatic carbocycles. The zero-order valence-electron chi connectivity index (χ0n) is 14.9. The minimum atomic E-state index is -2.65. The van der Waals surface area contributed by atoms with Crippen LogP contribution in [0.5, 0.6) is 0 Å². The summed E-state index contributed by atoms with van der Waals surface area (Å²) in [6.45, 7) is 8.92. The molecule has 0 aliphatic rings. The zero-order valence-corrected chi connectivity index (χ0v) is 15.7. The summed E-state index contributed by atoms with van der Waals surface area (Å²) in [7, 11) is 0. The van der Waals surface area contributed by atoms with E-state index < -0.39 is 39.1 Å². The largest absolute Gasteiger partial charge is 0.598 e. The summed E-state index contributed by atoms with van der Waals surface area (Å²) in [5.74, 6) is -1.85. The highest BCUT2D eigenvalue weighted by Gasteiger charge is 2.58. The van der Waals surface area contributed by atoms with Gasteiger partial charge in [0.25, 0.3) is 0 Å². The molecule has 7 heteroatoms. The van der Waals surface area contributed by atoms with Crippen LogP contribution in [0.1, 0.15) is 47.1 Å². The first kappa shape index (κ1) is 20.9. The van der Waals surface area contributed by atoms with Gasteiger partial charge in [0.05, 0.1) is 6.61 Å². The van der Waals surface area contributed by atoms with E-state index in [1.165, 1.54) is 25.1 Å². The fourth-order valence-corrected chi connectivity index (χ4v) is 3.06. The van der Waals surface area contributed by atoms with E-state index in [9.17, 15) is 13.7 Å². The molecule has 0 radical (unpaired) electrons. The summed E-state index contributed by atoms with van der Waals surface area (Å²) in [5, 5.41) is 0. The van der Waals surface area contributed by atoms with E-state index in [0.717, 1.165) is 13.0 Å². The predicted octanol–water partition coefficient (Wildman–Crippen LogP) is 3.38. The van der Waals surface area contributed by atoms with Crippen LogP contribution in [0.15, 0.2) is 24.3 Å². The Bertz CT molecular complexity index is 589. The van der Waals surface area contributed by atoms with Crippen LogP contribution in [0.25, 0.3) is 0 Å². The number of carbonyl (C=O) groups is 1. The van der Waals surface area contributed by atoms with Crippen molar-refractivity contribution in [3.05, 3.63) is 35.6 Å². The van der Waals surface area contributed by atoms with E-state index in [2.05, 4.69) is 4.72 Å². The van der Waals surface area contributed by atoms with Crippen molar-refractivity contribution in [2.24, 2.45) is 0 Å². The fraction of sp³-hybridized carbons (Fsp3) is 0.588. The van der Waals surface area contributed by atoms with E-state index in [1.54, 1.807) is 27.7 Å². The molecule has 0 saturated heterocycles. The molecule has 1 rings (SSSR count). The van der Waals surface area contributed by atoms with Gasteiger partial charge in [0.2, 0.25) is 5.67 Å². The minimum Gasteiger partial charge on any atom is -0.598 e. The van der Waals surface area contributed by atoms with Gasteiger partial charge in [-0.25, -0.2) is 13.6 Å². The Labute approximate surface area is 145 Å². The van der Waals surface area contributed by atoms with Crippen LogP contribution < -0.4 is 4.72 Å². The van der Waals surface area contributed by atoms with Gasteiger partial charge in [0, 0.05) is 16.9 Å². The Morgan fingerprint density at radius 2 is 1.79 bits per heavy atom. The van der Waals surface area contributed by atoms with E-state index in [1.807, 2.05) is 0 Å². The highest BCUT2D eigenvalue weighted by atomic mass is 32.2. The van der Waals surface area contributed by atoms with E-state index in [-0.39, 0.29) is 12.2 Å². The van der Waals surface area contributed by atoms with E-state index in [0.29, 0.717) is 0 Å². The van der Waals surface area contributed by atoms with Gasteiger partial charge >= 0.3 is 5.97 Å². The van der Waals surface area contributed by atoms with Crippen molar-refractivity contribution in [1.82, 2.24) is 4.72 Å². The van der Waals surface area contributed by atoms with Crippen molar-refractivity contribution >= 4 is 17.3 Å². The number of benzene rings is 1. The molecule has 0 bridgehead atoms. The van der Waals surface area contributed by atoms with Crippen molar-refractivity contribution in [3.8, 4) is 0 Å². The molecule has 136 valence electrons. The van der Waals surface area contributed by atoms with Crippen LogP contribution in [0.3, 0.4) is 0 Å². The number of alkyl halides is 1. The standard InChI is InChI=1S/C17H25F2NO3S/c1-7-23-14(21)16(5,19)17(6,20-24(22)15(2,3)4)12-10-8-9-11-13(12)18/h8-11,20H,7H2,1-6H3/t16-,17+,24+/m0/s1. The van der Waals surface area contributed by atoms with Gasteiger partial charge in [-0.15, -0.1) is 4.72 Å². The molecule has 4 nitrogen and oxygen atoms in total. The Morgan fingerprint density at radius 3 is 2.25 bits per heavy atom. The number of nitrogens with one attached hydrogen (secondary N) is 1. The molecule has 0 spiro atoms. The first-order valence-corrected chi connectivity index (χ1v) is 8.83. The second-order valence-electron chi connectivity index (χ2n) is 6.81. The Kier molecular flexibility index (Phi) is 6.41. The monoisotopic (exact) mass is 361 g/mol. The molecule has 0 amide bonds. The molecule has 1 aromatic carbocycles. The molecule has 24 heavy (non-hydrogen) atoms. The lowest BCUT2D eigenvalue weighted by molar-refractivity contribution is -0.161. The maximum atomic E-state index is 15.5. The average molecular weight is 361 g/mol. The summed E-state index contributed by atoms with van der Waals surface area (Å²) in [6, 6.07) is 5.51. The lowest BCUT2D eigenvalue weighted by Crippen LogP contribution is -2.62. The van der Waals surface area contributed by atoms with Gasteiger partial charge in [0.15, 0.2) is 0 Å². The van der Waals surface area contributed by atoms with Crippen LogP contribution >= 0.6 is 0 Å². The third kappa shape index (κ3) is 4.07. The van der Waals surface area contributed by atoms with Gasteiger partial charge in [-0.1, -0.05) is 18.2 Å². The Morgan fingerprint density at radius 1 is 1.25 bits per heavy atom. The van der Waals surface area contributed by atoms with Crippen LogP contribution in [0, 0.1) is 5.82 Å². The molecule has 0 saturated carbocycles. The van der Waals surface area contributed by atoms with Crippen molar-refractivity contribution < 1.29 is 22.9 Å². The normalized spacial score (nSPS) is 18.4. The minimum absolute atomic E-state index is 0.0198. The zero-order chi connectivity index (χ0) is 18.8. The number of halogens is 2. The third-order valence-corrected chi connectivity index (χ3v) is 5.57. The summed E-state index contributed by atoms with van der Waals surface area (Å²) in [4.78, 5) is 12.2. The van der Waals surface area contributed by atoms with Crippen LogP contribution in [-0.2, 0) is 26.4 Å². The molecular weight excluding hydrogens is 336 g/mol. The number of rotatable bonds is 6. The topological polar surface area (TPSA) is 61.4 Å². The number of esters is 1. The predicted molar refractivity (Wildman–Crippen MR) is 90.9 cm³/mol. The van der Waals surface area contributed by atoms with Crippen molar-refractivity contribution in [3.63, 3.8) is 0 Å². The molecule has 1 N–H and O–H groups in total. The van der Waals surface area contributed by atoms with E-state index in [4.69, 9.17) is 4.74 Å². The summed E-state index contributed by atoms with van der Waals surface area (Å²) in [5.41, 5.74) is -4.63. The molecular formula is C17H25F2NO3S. The van der Waals surface area contributed by atoms with Gasteiger partial charge in [-0.3, -0.25) is 0 Å². The van der Waals surface area contributed by atoms with Crippen molar-refractivity contribution in [1.29, 1.82) is 0 Å². The number of hydrogen-bond acceptors (Lipinski definition) is 4. The van der Waals surface area contributed by atoms with Gasteiger partial charge in [0.1, 0.15) is 16.1 Å². The maximum absolute atomic E-state index is 15.5. The molecule has 0 aliphatic heterocycles. The van der Waals surface area contributed by atoms with Gasteiger partial charge < -0.3 is 9.29 Å². The van der Waals surface area contributed by atoms with Crippen molar-refractivity contribution in [2.75, 3.05) is 6.61 Å². The summed E-state index contributed by atoms with van der Waals surface area (Å²) >= 11 is -1.75. The van der Waals surface area contributed by atoms with Gasteiger partial charge in [-0.2, -0.15) is 0 Å². The number of ether oxygens (including phenoxy) is 1. The van der Waals surface area contributed by atoms with Crippen LogP contribution in [0.2, 0.25) is 0 Å². The highest BCUT2D eigenvalue weighted by molar-refractivity contribution is 7.90. The van der Waals surface area contributed by atoms with Crippen LogP contribution in [0.4, 0.5) is 8.78 Å². The SMILES string of the molecule is CCOC(=O)[C@](C)(F)[C@](C)(N[S@+]([O-])C(C)(C)C)c1ccccc1F. The van der Waals surface area contributed by atoms with Crippen LogP contribution in [-0.4, -0.2) is 27.5 Å². The summed E-state index contributed by atoms with van der Waals surface area (Å²) in [6.07, 6.45) is 0. The molecule has 1 aromatic rings. The van der Waals surface area contributed by atoms with Gasteiger partial charge in [-0.05, 0) is 47.6 Å². The van der Waals surface area contributed by atoms with E-state index >= 15 is 4.39 Å². The molecule has 0 heterocycles. The number of hydrogen-bond donors (Lipinski definition) is 1. The first-order valence-electron chi connectivity index (χ1n) is 7.68. The highest BCUT2D eigenvalue weighted by Crippen LogP contribution is 2.40. The summed E-state index contributed by atoms with van der Waals surface area (Å²) < 4.78 is 49.1. The maximum Gasteiger partial charge on any atom is 0.346 e. The third-order valence-electron chi connectivity index (χ3n) is 3.86. The quantitative estimate of drug-likeness (QED) is 0.623. The average Bonchev–Trinajstić information content (AvgIpc) is 2.46.